The standard InChI is InChI=1S/C16H18N4S/c1-9-5-6-12(7-10(9)2)14-15(19-20(4)16(14)17)13-8-18-11(3)21-13/h5-8H,17H2,1-4H3. The molecule has 2 N–H and O–H groups in total. The van der Waals surface area contributed by atoms with E-state index in [-0.39, 0.29) is 0 Å². The third-order valence-electron chi connectivity index (χ3n) is 3.74. The first kappa shape index (κ1) is 13.8. The second-order valence-electron chi connectivity index (χ2n) is 5.28. The second kappa shape index (κ2) is 5.00. The number of hydrogen-bond acceptors (Lipinski definition) is 4. The van der Waals surface area contributed by atoms with E-state index in [2.05, 4.69) is 42.1 Å². The average molecular weight is 298 g/mol. The fourth-order valence-corrected chi connectivity index (χ4v) is 3.13. The Morgan fingerprint density at radius 1 is 1.14 bits per heavy atom. The molecule has 5 heteroatoms. The number of aryl methyl sites for hydroxylation is 4. The van der Waals surface area contributed by atoms with Crippen LogP contribution in [0.3, 0.4) is 0 Å². The van der Waals surface area contributed by atoms with Gasteiger partial charge in [0.2, 0.25) is 0 Å². The number of anilines is 1. The minimum Gasteiger partial charge on any atom is -0.383 e. The molecule has 0 aliphatic rings. The van der Waals surface area contributed by atoms with Gasteiger partial charge in [-0.3, -0.25) is 4.68 Å². The molecule has 2 heterocycles. The Kier molecular flexibility index (Phi) is 3.29. The molecule has 0 spiro atoms. The van der Waals surface area contributed by atoms with E-state index in [9.17, 15) is 0 Å². The van der Waals surface area contributed by atoms with Crippen LogP contribution in [0, 0.1) is 20.8 Å². The summed E-state index contributed by atoms with van der Waals surface area (Å²) in [5.74, 6) is 0.680. The molecule has 0 saturated heterocycles. The van der Waals surface area contributed by atoms with E-state index in [0.29, 0.717) is 5.82 Å². The predicted octanol–water partition coefficient (Wildman–Crippen LogP) is 3.72. The van der Waals surface area contributed by atoms with Crippen molar-refractivity contribution in [3.63, 3.8) is 0 Å². The van der Waals surface area contributed by atoms with Gasteiger partial charge in [0, 0.05) is 13.2 Å². The van der Waals surface area contributed by atoms with Gasteiger partial charge < -0.3 is 5.73 Å². The lowest BCUT2D eigenvalue weighted by Gasteiger charge is -2.06. The van der Waals surface area contributed by atoms with Crippen LogP contribution >= 0.6 is 11.3 Å². The van der Waals surface area contributed by atoms with Crippen molar-refractivity contribution in [1.82, 2.24) is 14.8 Å². The normalized spacial score (nSPS) is 11.0. The topological polar surface area (TPSA) is 56.7 Å². The first-order chi connectivity index (χ1) is 9.97. The van der Waals surface area contributed by atoms with Crippen LogP contribution in [0.2, 0.25) is 0 Å². The highest BCUT2D eigenvalue weighted by molar-refractivity contribution is 7.15. The quantitative estimate of drug-likeness (QED) is 0.784. The van der Waals surface area contributed by atoms with Crippen molar-refractivity contribution in [1.29, 1.82) is 0 Å². The molecule has 4 nitrogen and oxygen atoms in total. The average Bonchev–Trinajstić information content (AvgIpc) is 2.99. The molecule has 1 aromatic carbocycles. The molecule has 2 aromatic heterocycles. The molecule has 108 valence electrons. The van der Waals surface area contributed by atoms with E-state index in [0.717, 1.165) is 26.7 Å². The summed E-state index contributed by atoms with van der Waals surface area (Å²) in [5, 5.41) is 5.61. The molecule has 0 bridgehead atoms. The zero-order valence-corrected chi connectivity index (χ0v) is 13.5. The molecule has 3 aromatic rings. The Hall–Kier alpha value is -2.14. The minimum absolute atomic E-state index is 0.680. The molecular weight excluding hydrogens is 280 g/mol. The SMILES string of the molecule is Cc1ncc(-c2nn(C)c(N)c2-c2ccc(C)c(C)c2)s1. The molecule has 3 rings (SSSR count). The van der Waals surface area contributed by atoms with Gasteiger partial charge in [0.25, 0.3) is 0 Å². The lowest BCUT2D eigenvalue weighted by molar-refractivity contribution is 0.783. The zero-order valence-electron chi connectivity index (χ0n) is 12.6. The Morgan fingerprint density at radius 3 is 2.52 bits per heavy atom. The van der Waals surface area contributed by atoms with Crippen molar-refractivity contribution < 1.29 is 0 Å². The Labute approximate surface area is 128 Å². The molecule has 0 aliphatic carbocycles. The molecular formula is C16H18N4S. The lowest BCUT2D eigenvalue weighted by atomic mass is 10.00. The first-order valence-corrected chi connectivity index (χ1v) is 7.62. The largest absolute Gasteiger partial charge is 0.383 e. The third kappa shape index (κ3) is 2.34. The van der Waals surface area contributed by atoms with E-state index < -0.39 is 0 Å². The van der Waals surface area contributed by atoms with Crippen LogP contribution in [0.5, 0.6) is 0 Å². The molecule has 21 heavy (non-hydrogen) atoms. The van der Waals surface area contributed by atoms with Crippen LogP contribution in [-0.2, 0) is 7.05 Å². The van der Waals surface area contributed by atoms with Gasteiger partial charge in [-0.15, -0.1) is 11.3 Å². The molecule has 0 unspecified atom stereocenters. The van der Waals surface area contributed by atoms with Crippen molar-refractivity contribution >= 4 is 17.2 Å². The molecule has 0 saturated carbocycles. The summed E-state index contributed by atoms with van der Waals surface area (Å²) in [6, 6.07) is 6.39. The fraction of sp³-hybridized carbons (Fsp3) is 0.250. The number of nitrogens with zero attached hydrogens (tertiary/aromatic N) is 3. The monoisotopic (exact) mass is 298 g/mol. The van der Waals surface area contributed by atoms with Gasteiger partial charge in [-0.1, -0.05) is 18.2 Å². The maximum Gasteiger partial charge on any atom is 0.129 e. The van der Waals surface area contributed by atoms with Crippen LogP contribution in [0.1, 0.15) is 16.1 Å². The summed E-state index contributed by atoms with van der Waals surface area (Å²) in [5.41, 5.74) is 11.8. The van der Waals surface area contributed by atoms with E-state index in [1.165, 1.54) is 11.1 Å². The van der Waals surface area contributed by atoms with E-state index >= 15 is 0 Å². The third-order valence-corrected chi connectivity index (χ3v) is 4.66. The molecule has 0 amide bonds. The molecule has 0 radical (unpaired) electrons. The van der Waals surface area contributed by atoms with Crippen molar-refractivity contribution in [2.24, 2.45) is 7.05 Å². The summed E-state index contributed by atoms with van der Waals surface area (Å²) in [4.78, 5) is 5.38. The van der Waals surface area contributed by atoms with Crippen LogP contribution in [0.15, 0.2) is 24.4 Å². The van der Waals surface area contributed by atoms with Gasteiger partial charge in [-0.25, -0.2) is 4.98 Å². The van der Waals surface area contributed by atoms with Crippen molar-refractivity contribution in [2.75, 3.05) is 5.73 Å². The smallest absolute Gasteiger partial charge is 0.129 e. The van der Waals surface area contributed by atoms with E-state index in [1.54, 1.807) is 16.0 Å². The predicted molar refractivity (Wildman–Crippen MR) is 88.4 cm³/mol. The zero-order chi connectivity index (χ0) is 15.1. The Morgan fingerprint density at radius 2 is 1.90 bits per heavy atom. The Balaban J connectivity index is 2.24. The van der Waals surface area contributed by atoms with E-state index in [1.807, 2.05) is 20.2 Å². The minimum atomic E-state index is 0.680. The number of nitrogen functional groups attached to an aromatic ring is 1. The first-order valence-electron chi connectivity index (χ1n) is 6.80. The van der Waals surface area contributed by atoms with Crippen LogP contribution in [0.4, 0.5) is 5.82 Å². The number of benzene rings is 1. The summed E-state index contributed by atoms with van der Waals surface area (Å²) in [7, 11) is 1.87. The molecule has 0 fully saturated rings. The highest BCUT2D eigenvalue weighted by Gasteiger charge is 2.19. The fourth-order valence-electron chi connectivity index (χ4n) is 2.36. The van der Waals surface area contributed by atoms with Crippen LogP contribution < -0.4 is 5.73 Å². The number of nitrogens with two attached hydrogens (primary N) is 1. The number of hydrogen-bond donors (Lipinski definition) is 1. The second-order valence-corrected chi connectivity index (χ2v) is 6.51. The van der Waals surface area contributed by atoms with Crippen LogP contribution in [-0.4, -0.2) is 14.8 Å². The lowest BCUT2D eigenvalue weighted by Crippen LogP contribution is -1.98. The van der Waals surface area contributed by atoms with Crippen LogP contribution in [0.25, 0.3) is 21.7 Å². The maximum absolute atomic E-state index is 6.25. The summed E-state index contributed by atoms with van der Waals surface area (Å²) >= 11 is 1.64. The van der Waals surface area contributed by atoms with Gasteiger partial charge in [-0.2, -0.15) is 5.10 Å². The highest BCUT2D eigenvalue weighted by Crippen LogP contribution is 2.38. The Bertz CT molecular complexity index is 814. The van der Waals surface area contributed by atoms with Gasteiger partial charge in [0.05, 0.1) is 15.4 Å². The van der Waals surface area contributed by atoms with Crippen molar-refractivity contribution in [3.8, 4) is 21.7 Å². The maximum atomic E-state index is 6.25. The van der Waals surface area contributed by atoms with Gasteiger partial charge in [-0.05, 0) is 37.5 Å². The van der Waals surface area contributed by atoms with Gasteiger partial charge in [0.1, 0.15) is 11.5 Å². The summed E-state index contributed by atoms with van der Waals surface area (Å²) < 4.78 is 1.73. The molecule has 0 aliphatic heterocycles. The summed E-state index contributed by atoms with van der Waals surface area (Å²) in [6.07, 6.45) is 1.87. The highest BCUT2D eigenvalue weighted by atomic mass is 32.1. The van der Waals surface area contributed by atoms with Crippen molar-refractivity contribution in [3.05, 3.63) is 40.5 Å². The summed E-state index contributed by atoms with van der Waals surface area (Å²) in [6.45, 7) is 6.22. The van der Waals surface area contributed by atoms with Crippen molar-refractivity contribution in [2.45, 2.75) is 20.8 Å². The number of thiazole rings is 1. The molecule has 0 atom stereocenters. The number of aromatic nitrogens is 3. The number of rotatable bonds is 2. The van der Waals surface area contributed by atoms with Gasteiger partial charge in [0.15, 0.2) is 0 Å². The van der Waals surface area contributed by atoms with E-state index in [4.69, 9.17) is 5.73 Å². The van der Waals surface area contributed by atoms with Gasteiger partial charge >= 0.3 is 0 Å².